The van der Waals surface area contributed by atoms with E-state index in [0.29, 0.717) is 26.2 Å². The van der Waals surface area contributed by atoms with Gasteiger partial charge in [0, 0.05) is 24.1 Å². The summed E-state index contributed by atoms with van der Waals surface area (Å²) in [5, 5.41) is 21.4. The van der Waals surface area contributed by atoms with Gasteiger partial charge >= 0.3 is 0 Å². The number of nitrogens with zero attached hydrogens (tertiary/aromatic N) is 1. The molecular formula is C22H27NO4. The molecule has 2 unspecified atom stereocenters. The van der Waals surface area contributed by atoms with Gasteiger partial charge < -0.3 is 19.7 Å². The molecule has 0 saturated carbocycles. The van der Waals surface area contributed by atoms with E-state index < -0.39 is 11.6 Å². The van der Waals surface area contributed by atoms with Gasteiger partial charge in [0.05, 0.1) is 19.8 Å². The van der Waals surface area contributed by atoms with Crippen molar-refractivity contribution in [2.45, 2.75) is 30.8 Å². The average Bonchev–Trinajstić information content (AvgIpc) is 2.69. The van der Waals surface area contributed by atoms with Crippen LogP contribution in [0.2, 0.25) is 0 Å². The summed E-state index contributed by atoms with van der Waals surface area (Å²) in [5.41, 5.74) is 3.67. The van der Waals surface area contributed by atoms with Crippen LogP contribution in [0.1, 0.15) is 30.4 Å². The minimum absolute atomic E-state index is 0.458. The van der Waals surface area contributed by atoms with Crippen LogP contribution in [0.5, 0.6) is 0 Å². The van der Waals surface area contributed by atoms with Crippen LogP contribution in [-0.4, -0.2) is 48.5 Å². The lowest BCUT2D eigenvalue weighted by atomic mass is 9.94. The number of aliphatic hydroxyl groups is 2. The molecular weight excluding hydrogens is 342 g/mol. The molecule has 2 N–H and O–H groups in total. The van der Waals surface area contributed by atoms with E-state index in [1.165, 1.54) is 0 Å². The van der Waals surface area contributed by atoms with Crippen molar-refractivity contribution in [3.63, 3.8) is 0 Å². The second-order valence-electron chi connectivity index (χ2n) is 7.62. The molecule has 5 nitrogen and oxygen atoms in total. The lowest BCUT2D eigenvalue weighted by Gasteiger charge is -2.37. The van der Waals surface area contributed by atoms with Crippen LogP contribution in [0.25, 0.3) is 11.1 Å². The Hall–Kier alpha value is -1.76. The summed E-state index contributed by atoms with van der Waals surface area (Å²) in [6.07, 6.45) is 2.60. The zero-order valence-corrected chi connectivity index (χ0v) is 15.7. The van der Waals surface area contributed by atoms with Crippen LogP contribution in [0, 0.1) is 0 Å². The molecule has 2 fully saturated rings. The SMILES string of the molecule is CN1CCOC(O)(c2ccc(-c3ccc(C4(O)CCCCO4)cc3)cc2)C1. The number of benzene rings is 2. The average molecular weight is 369 g/mol. The van der Waals surface area contributed by atoms with E-state index in [0.717, 1.165) is 41.6 Å². The molecule has 0 radical (unpaired) electrons. The molecule has 2 atom stereocenters. The predicted octanol–water partition coefficient (Wildman–Crippen LogP) is 2.81. The Labute approximate surface area is 160 Å². The Morgan fingerprint density at radius 1 is 0.778 bits per heavy atom. The van der Waals surface area contributed by atoms with Crippen molar-refractivity contribution in [2.24, 2.45) is 0 Å². The van der Waals surface area contributed by atoms with Crippen molar-refractivity contribution in [1.29, 1.82) is 0 Å². The summed E-state index contributed by atoms with van der Waals surface area (Å²) < 4.78 is 11.2. The van der Waals surface area contributed by atoms with Gasteiger partial charge in [0.2, 0.25) is 5.79 Å². The van der Waals surface area contributed by atoms with E-state index >= 15 is 0 Å². The van der Waals surface area contributed by atoms with Crippen LogP contribution in [0.15, 0.2) is 48.5 Å². The maximum Gasteiger partial charge on any atom is 0.205 e. The highest BCUT2D eigenvalue weighted by atomic mass is 16.6. The smallest absolute Gasteiger partial charge is 0.205 e. The summed E-state index contributed by atoms with van der Waals surface area (Å²) in [6.45, 7) is 2.39. The number of likely N-dealkylation sites (N-methyl/N-ethyl adjacent to an activating group) is 1. The third kappa shape index (κ3) is 3.79. The number of hydrogen-bond acceptors (Lipinski definition) is 5. The zero-order chi connectivity index (χ0) is 18.9. The highest BCUT2D eigenvalue weighted by molar-refractivity contribution is 5.64. The zero-order valence-electron chi connectivity index (χ0n) is 15.7. The van der Waals surface area contributed by atoms with Gasteiger partial charge in [-0.3, -0.25) is 4.90 Å². The number of β-amino-alcohol motifs (C(OH)–C–C–N with tert-alkyl or cyclic N) is 1. The molecule has 2 heterocycles. The molecule has 2 aromatic rings. The molecule has 0 spiro atoms. The molecule has 4 rings (SSSR count). The van der Waals surface area contributed by atoms with Gasteiger partial charge in [0.25, 0.3) is 0 Å². The molecule has 2 saturated heterocycles. The Bertz CT molecular complexity index is 768. The maximum absolute atomic E-state index is 10.8. The van der Waals surface area contributed by atoms with Gasteiger partial charge in [-0.25, -0.2) is 0 Å². The van der Waals surface area contributed by atoms with E-state index in [4.69, 9.17) is 9.47 Å². The quantitative estimate of drug-likeness (QED) is 0.871. The lowest BCUT2D eigenvalue weighted by Crippen LogP contribution is -2.48. The maximum atomic E-state index is 10.8. The van der Waals surface area contributed by atoms with E-state index in [1.807, 2.05) is 55.6 Å². The lowest BCUT2D eigenvalue weighted by molar-refractivity contribution is -0.245. The first-order valence-electron chi connectivity index (χ1n) is 9.61. The topological polar surface area (TPSA) is 62.2 Å². The first kappa shape index (κ1) is 18.6. The molecule has 5 heteroatoms. The molecule has 2 aliphatic rings. The van der Waals surface area contributed by atoms with Crippen molar-refractivity contribution < 1.29 is 19.7 Å². The number of morpholine rings is 1. The number of ether oxygens (including phenoxy) is 2. The van der Waals surface area contributed by atoms with Crippen molar-refractivity contribution in [1.82, 2.24) is 4.90 Å². The van der Waals surface area contributed by atoms with Gasteiger partial charge in [0.1, 0.15) is 0 Å². The van der Waals surface area contributed by atoms with Crippen LogP contribution in [-0.2, 0) is 21.0 Å². The van der Waals surface area contributed by atoms with Gasteiger partial charge in [-0.1, -0.05) is 48.5 Å². The van der Waals surface area contributed by atoms with Crippen molar-refractivity contribution in [3.8, 4) is 11.1 Å². The minimum Gasteiger partial charge on any atom is -0.362 e. The fourth-order valence-corrected chi connectivity index (χ4v) is 3.89. The highest BCUT2D eigenvalue weighted by Gasteiger charge is 2.35. The molecule has 27 heavy (non-hydrogen) atoms. The molecule has 0 aliphatic carbocycles. The van der Waals surface area contributed by atoms with Crippen LogP contribution < -0.4 is 0 Å². The second kappa shape index (κ2) is 7.34. The van der Waals surface area contributed by atoms with E-state index in [-0.39, 0.29) is 0 Å². The fraction of sp³-hybridized carbons (Fsp3) is 0.455. The summed E-state index contributed by atoms with van der Waals surface area (Å²) in [6, 6.07) is 15.7. The fourth-order valence-electron chi connectivity index (χ4n) is 3.89. The van der Waals surface area contributed by atoms with Crippen LogP contribution in [0.4, 0.5) is 0 Å². The molecule has 2 aromatic carbocycles. The van der Waals surface area contributed by atoms with Gasteiger partial charge in [-0.2, -0.15) is 0 Å². The first-order chi connectivity index (χ1) is 13.0. The van der Waals surface area contributed by atoms with Crippen molar-refractivity contribution in [2.75, 3.05) is 33.4 Å². The molecule has 0 aromatic heterocycles. The van der Waals surface area contributed by atoms with E-state index in [1.54, 1.807) is 0 Å². The van der Waals surface area contributed by atoms with E-state index in [9.17, 15) is 10.2 Å². The summed E-state index contributed by atoms with van der Waals surface area (Å²) in [4.78, 5) is 2.06. The van der Waals surface area contributed by atoms with Crippen molar-refractivity contribution >= 4 is 0 Å². The largest absolute Gasteiger partial charge is 0.362 e. The molecule has 144 valence electrons. The first-order valence-corrected chi connectivity index (χ1v) is 9.61. The monoisotopic (exact) mass is 369 g/mol. The van der Waals surface area contributed by atoms with Crippen LogP contribution >= 0.6 is 0 Å². The second-order valence-corrected chi connectivity index (χ2v) is 7.62. The Kier molecular flexibility index (Phi) is 5.05. The van der Waals surface area contributed by atoms with E-state index in [2.05, 4.69) is 4.90 Å². The minimum atomic E-state index is -1.25. The van der Waals surface area contributed by atoms with Gasteiger partial charge in [0.15, 0.2) is 5.79 Å². The van der Waals surface area contributed by atoms with Gasteiger partial charge in [-0.05, 0) is 31.0 Å². The summed E-state index contributed by atoms with van der Waals surface area (Å²) in [5.74, 6) is -2.41. The number of hydrogen-bond donors (Lipinski definition) is 2. The Morgan fingerprint density at radius 3 is 1.85 bits per heavy atom. The summed E-state index contributed by atoms with van der Waals surface area (Å²) in [7, 11) is 1.98. The van der Waals surface area contributed by atoms with Crippen LogP contribution in [0.3, 0.4) is 0 Å². The Morgan fingerprint density at radius 2 is 1.33 bits per heavy atom. The molecule has 2 aliphatic heterocycles. The molecule has 0 bridgehead atoms. The third-order valence-corrected chi connectivity index (χ3v) is 5.55. The standard InChI is InChI=1S/C22H27NO4/c1-23-13-15-27-22(25,16-23)20-10-6-18(7-11-20)17-4-8-19(9-5-17)21(24)12-2-3-14-26-21/h4-11,24-25H,2-3,12-16H2,1H3. The normalized spacial score (nSPS) is 29.6. The van der Waals surface area contributed by atoms with Crippen molar-refractivity contribution in [3.05, 3.63) is 59.7 Å². The van der Waals surface area contributed by atoms with Gasteiger partial charge in [-0.15, -0.1) is 0 Å². The highest BCUT2D eigenvalue weighted by Crippen LogP contribution is 2.34. The summed E-state index contributed by atoms with van der Waals surface area (Å²) >= 11 is 0. The molecule has 0 amide bonds. The third-order valence-electron chi connectivity index (χ3n) is 5.55. The predicted molar refractivity (Wildman–Crippen MR) is 103 cm³/mol. The number of rotatable bonds is 3. The Balaban J connectivity index is 1.52.